The molecule has 0 fully saturated rings. The quantitative estimate of drug-likeness (QED) is 0.677. The molecule has 0 aliphatic rings. The van der Waals surface area contributed by atoms with Crippen molar-refractivity contribution in [2.45, 2.75) is 52.4 Å². The molecule has 0 aromatic rings. The highest BCUT2D eigenvalue weighted by atomic mass is 19.3. The van der Waals surface area contributed by atoms with Crippen LogP contribution in [0.1, 0.15) is 40.0 Å². The highest BCUT2D eigenvalue weighted by molar-refractivity contribution is 5.83. The minimum Gasteiger partial charge on any atom is -0.481 e. The van der Waals surface area contributed by atoms with E-state index in [4.69, 9.17) is 5.11 Å². The van der Waals surface area contributed by atoms with Crippen molar-refractivity contribution in [2.75, 3.05) is 6.54 Å². The molecule has 0 rings (SSSR count). The Balaban J connectivity index is 4.44. The van der Waals surface area contributed by atoms with Gasteiger partial charge in [-0.15, -0.1) is 0 Å². The number of hydrogen-bond acceptors (Lipinski definition) is 2. The molecule has 1 atom stereocenters. The van der Waals surface area contributed by atoms with Crippen LogP contribution in [0.3, 0.4) is 0 Å². The predicted molar refractivity (Wildman–Crippen MR) is 68.4 cm³/mol. The summed E-state index contributed by atoms with van der Waals surface area (Å²) in [7, 11) is 0. The van der Waals surface area contributed by atoms with Gasteiger partial charge in [-0.05, 0) is 24.2 Å². The van der Waals surface area contributed by atoms with Crippen molar-refractivity contribution in [2.24, 2.45) is 11.3 Å². The van der Waals surface area contributed by atoms with Crippen LogP contribution < -0.4 is 5.32 Å². The Morgan fingerprint density at radius 1 is 1.14 bits per heavy atom. The summed E-state index contributed by atoms with van der Waals surface area (Å²) >= 11 is 0. The summed E-state index contributed by atoms with van der Waals surface area (Å²) in [5.74, 6) is -7.84. The molecular weight excluding hydrogens is 294 g/mol. The summed E-state index contributed by atoms with van der Waals surface area (Å²) in [6, 6.07) is 0. The molecule has 124 valence electrons. The van der Waals surface area contributed by atoms with Crippen molar-refractivity contribution in [3.05, 3.63) is 0 Å². The average Bonchev–Trinajstić information content (AvgIpc) is 2.30. The molecule has 0 saturated carbocycles. The van der Waals surface area contributed by atoms with Crippen LogP contribution >= 0.6 is 0 Å². The van der Waals surface area contributed by atoms with E-state index in [2.05, 4.69) is 0 Å². The van der Waals surface area contributed by atoms with Crippen molar-refractivity contribution >= 4 is 11.9 Å². The van der Waals surface area contributed by atoms with Gasteiger partial charge in [0.15, 0.2) is 0 Å². The third kappa shape index (κ3) is 6.77. The number of amides is 1. The summed E-state index contributed by atoms with van der Waals surface area (Å²) in [5.41, 5.74) is -0.286. The van der Waals surface area contributed by atoms with Crippen LogP contribution in [0.15, 0.2) is 0 Å². The van der Waals surface area contributed by atoms with Crippen LogP contribution in [0.4, 0.5) is 17.6 Å². The van der Waals surface area contributed by atoms with Gasteiger partial charge in [-0.25, -0.2) is 8.78 Å². The lowest BCUT2D eigenvalue weighted by Crippen LogP contribution is -2.46. The fraction of sp³-hybridized carbons (Fsp3) is 0.846. The smallest absolute Gasteiger partial charge is 0.383 e. The summed E-state index contributed by atoms with van der Waals surface area (Å²) in [6.07, 6.45) is -3.58. The molecule has 0 radical (unpaired) electrons. The van der Waals surface area contributed by atoms with Gasteiger partial charge in [0.2, 0.25) is 0 Å². The van der Waals surface area contributed by atoms with Crippen molar-refractivity contribution in [1.82, 2.24) is 5.32 Å². The molecule has 8 heteroatoms. The van der Waals surface area contributed by atoms with Gasteiger partial charge in [-0.2, -0.15) is 8.78 Å². The van der Waals surface area contributed by atoms with E-state index in [9.17, 15) is 27.2 Å². The second-order valence-corrected chi connectivity index (χ2v) is 5.96. The molecule has 0 bridgehead atoms. The first-order valence-electron chi connectivity index (χ1n) is 6.55. The van der Waals surface area contributed by atoms with E-state index < -0.39 is 24.2 Å². The molecule has 0 spiro atoms. The SMILES string of the molecule is CC(C)(C)C(CCNC(=O)C(F)(F)C(F)F)CCC(=O)O. The zero-order valence-corrected chi connectivity index (χ0v) is 12.3. The maximum absolute atomic E-state index is 12.7. The zero-order chi connectivity index (χ0) is 16.8. The number of aliphatic carboxylic acids is 1. The van der Waals surface area contributed by atoms with Crippen molar-refractivity contribution in [1.29, 1.82) is 0 Å². The van der Waals surface area contributed by atoms with Gasteiger partial charge in [-0.3, -0.25) is 9.59 Å². The van der Waals surface area contributed by atoms with Gasteiger partial charge in [0.05, 0.1) is 0 Å². The molecule has 2 N–H and O–H groups in total. The van der Waals surface area contributed by atoms with Crippen molar-refractivity contribution in [3.8, 4) is 0 Å². The molecule has 1 amide bonds. The Labute approximate surface area is 120 Å². The first-order chi connectivity index (χ1) is 9.39. The van der Waals surface area contributed by atoms with Gasteiger partial charge >= 0.3 is 18.3 Å². The van der Waals surface area contributed by atoms with Crippen LogP contribution in [0.25, 0.3) is 0 Å². The van der Waals surface area contributed by atoms with Gasteiger partial charge in [0.1, 0.15) is 0 Å². The van der Waals surface area contributed by atoms with Crippen LogP contribution in [0.5, 0.6) is 0 Å². The number of nitrogens with one attached hydrogen (secondary N) is 1. The normalized spacial score (nSPS) is 14.1. The van der Waals surface area contributed by atoms with Gasteiger partial charge in [-0.1, -0.05) is 20.8 Å². The van der Waals surface area contributed by atoms with Crippen molar-refractivity contribution in [3.63, 3.8) is 0 Å². The topological polar surface area (TPSA) is 66.4 Å². The fourth-order valence-corrected chi connectivity index (χ4v) is 1.88. The lowest BCUT2D eigenvalue weighted by molar-refractivity contribution is -0.169. The summed E-state index contributed by atoms with van der Waals surface area (Å²) in [6.45, 7) is 5.36. The van der Waals surface area contributed by atoms with Crippen LogP contribution in [-0.4, -0.2) is 35.9 Å². The first-order valence-corrected chi connectivity index (χ1v) is 6.55. The Morgan fingerprint density at radius 2 is 1.67 bits per heavy atom. The fourth-order valence-electron chi connectivity index (χ4n) is 1.88. The van der Waals surface area contributed by atoms with Gasteiger partial charge in [0.25, 0.3) is 5.91 Å². The number of carboxylic acid groups (broad SMARTS) is 1. The van der Waals surface area contributed by atoms with Crippen LogP contribution in [0.2, 0.25) is 0 Å². The third-order valence-electron chi connectivity index (χ3n) is 3.29. The van der Waals surface area contributed by atoms with E-state index in [0.717, 1.165) is 0 Å². The summed E-state index contributed by atoms with van der Waals surface area (Å²) in [5, 5.41) is 10.4. The van der Waals surface area contributed by atoms with E-state index >= 15 is 0 Å². The molecule has 1 unspecified atom stereocenters. The van der Waals surface area contributed by atoms with E-state index in [-0.39, 0.29) is 30.7 Å². The van der Waals surface area contributed by atoms with Gasteiger partial charge < -0.3 is 10.4 Å². The number of halogens is 4. The molecule has 21 heavy (non-hydrogen) atoms. The molecule has 0 aromatic carbocycles. The number of hydrogen-bond donors (Lipinski definition) is 2. The molecule has 0 aliphatic heterocycles. The van der Waals surface area contributed by atoms with E-state index in [1.54, 1.807) is 5.32 Å². The Hall–Kier alpha value is -1.34. The summed E-state index contributed by atoms with van der Waals surface area (Å²) < 4.78 is 49.4. The highest BCUT2D eigenvalue weighted by Gasteiger charge is 2.48. The Kier molecular flexibility index (Phi) is 7.12. The second-order valence-electron chi connectivity index (χ2n) is 5.96. The first kappa shape index (κ1) is 19.7. The van der Waals surface area contributed by atoms with Gasteiger partial charge in [0, 0.05) is 13.0 Å². The lowest BCUT2D eigenvalue weighted by Gasteiger charge is -2.30. The van der Waals surface area contributed by atoms with Crippen molar-refractivity contribution < 1.29 is 32.3 Å². The predicted octanol–water partition coefficient (Wildman–Crippen LogP) is 2.92. The molecule has 4 nitrogen and oxygen atoms in total. The van der Waals surface area contributed by atoms with Crippen LogP contribution in [0, 0.1) is 11.3 Å². The maximum Gasteiger partial charge on any atom is 0.383 e. The van der Waals surface area contributed by atoms with E-state index in [1.165, 1.54) is 0 Å². The standard InChI is InChI=1S/C13H21F4NO3/c1-12(2,3)8(4-5-9(19)20)6-7-18-11(21)13(16,17)10(14)15/h8,10H,4-7H2,1-3H3,(H,18,21)(H,19,20). The monoisotopic (exact) mass is 315 g/mol. The van der Waals surface area contributed by atoms with E-state index in [1.807, 2.05) is 20.8 Å². The highest BCUT2D eigenvalue weighted by Crippen LogP contribution is 2.32. The number of carbonyl (C=O) groups is 2. The van der Waals surface area contributed by atoms with E-state index in [0.29, 0.717) is 6.42 Å². The Morgan fingerprint density at radius 3 is 2.05 bits per heavy atom. The minimum absolute atomic E-state index is 0.0803. The molecular formula is C13H21F4NO3. The number of rotatable bonds is 8. The Bertz CT molecular complexity index is 367. The third-order valence-corrected chi connectivity index (χ3v) is 3.29. The zero-order valence-electron chi connectivity index (χ0n) is 12.3. The minimum atomic E-state index is -4.71. The van der Waals surface area contributed by atoms with Crippen LogP contribution in [-0.2, 0) is 9.59 Å². The average molecular weight is 315 g/mol. The molecule has 0 heterocycles. The molecule has 0 aliphatic carbocycles. The molecule has 0 aromatic heterocycles. The summed E-state index contributed by atoms with van der Waals surface area (Å²) in [4.78, 5) is 21.5. The second kappa shape index (κ2) is 7.61. The molecule has 0 saturated heterocycles. The largest absolute Gasteiger partial charge is 0.481 e. The number of carbonyl (C=O) groups excluding carboxylic acids is 1. The number of carboxylic acids is 1. The maximum atomic E-state index is 12.7. The number of alkyl halides is 4. The lowest BCUT2D eigenvalue weighted by atomic mass is 9.76.